The molecule has 2 unspecified atom stereocenters. The van der Waals surface area contributed by atoms with Gasteiger partial charge in [0.1, 0.15) is 37.5 Å². The van der Waals surface area contributed by atoms with Crippen LogP contribution in [0.15, 0.2) is 121 Å². The highest BCUT2D eigenvalue weighted by molar-refractivity contribution is 5.86. The number of nitrogens with two attached hydrogens (primary N) is 1. The van der Waals surface area contributed by atoms with Crippen molar-refractivity contribution in [3.05, 3.63) is 155 Å². The molecule has 1 heterocycles. The van der Waals surface area contributed by atoms with Crippen molar-refractivity contribution in [3.8, 4) is 11.1 Å². The molecule has 1 saturated carbocycles. The molecule has 1 aromatic heterocycles. The number of halogens is 2. The van der Waals surface area contributed by atoms with Gasteiger partial charge in [0.15, 0.2) is 0 Å². The molecule has 6 rings (SSSR count). The van der Waals surface area contributed by atoms with E-state index in [2.05, 4.69) is 22.9 Å². The zero-order valence-corrected chi connectivity index (χ0v) is 37.7. The Morgan fingerprint density at radius 3 is 2.00 bits per heavy atom. The van der Waals surface area contributed by atoms with Crippen LogP contribution < -0.4 is 21.7 Å². The number of nitrogens with one attached hydrogen (secondary N) is 3. The number of hydrogen-bond donors (Lipinski definition) is 5. The fraction of sp³-hybridized carbons (Fsp3) is 0.353. The molecule has 1 fully saturated rings. The Morgan fingerprint density at radius 2 is 1.40 bits per heavy atom. The van der Waals surface area contributed by atoms with Gasteiger partial charge in [0.05, 0.1) is 12.1 Å². The highest BCUT2D eigenvalue weighted by Crippen LogP contribution is 2.62. The van der Waals surface area contributed by atoms with Gasteiger partial charge in [0.2, 0.25) is 17.7 Å². The molecule has 6 N–H and O–H groups in total. The lowest BCUT2D eigenvalue weighted by Gasteiger charge is -2.38. The normalized spacial score (nSPS) is 16.5. The maximum absolute atomic E-state index is 15.2. The van der Waals surface area contributed by atoms with E-state index in [4.69, 9.17) is 15.2 Å². The molecule has 354 valence electrons. The minimum absolute atomic E-state index is 0.00682. The van der Waals surface area contributed by atoms with Crippen LogP contribution in [0.2, 0.25) is 0 Å². The van der Waals surface area contributed by atoms with E-state index in [1.807, 2.05) is 78.2 Å². The number of aliphatic hydroxyl groups excluding tert-OH is 1. The lowest BCUT2D eigenvalue weighted by molar-refractivity contribution is -0.145. The summed E-state index contributed by atoms with van der Waals surface area (Å²) >= 11 is 0. The third-order valence-corrected chi connectivity index (χ3v) is 12.2. The van der Waals surface area contributed by atoms with Crippen molar-refractivity contribution in [3.63, 3.8) is 0 Å². The van der Waals surface area contributed by atoms with Gasteiger partial charge in [-0.1, -0.05) is 105 Å². The van der Waals surface area contributed by atoms with Crippen molar-refractivity contribution < 1.29 is 47.3 Å². The van der Waals surface area contributed by atoms with E-state index in [1.54, 1.807) is 36.5 Å². The highest BCUT2D eigenvalue weighted by atomic mass is 19.1. The molecule has 0 spiro atoms. The van der Waals surface area contributed by atoms with Gasteiger partial charge >= 0.3 is 12.1 Å². The Kier molecular flexibility index (Phi) is 17.4. The number of amides is 4. The zero-order chi connectivity index (χ0) is 47.9. The molecule has 1 aliphatic rings. The van der Waals surface area contributed by atoms with Gasteiger partial charge < -0.3 is 45.7 Å². The topological polar surface area (TPSA) is 194 Å². The van der Waals surface area contributed by atoms with Crippen LogP contribution in [0, 0.1) is 23.0 Å². The van der Waals surface area contributed by atoms with Crippen LogP contribution in [0.25, 0.3) is 11.1 Å². The Balaban J connectivity index is 1.09. The predicted molar refractivity (Wildman–Crippen MR) is 246 cm³/mol. The number of carbonyl (C=O) groups excluding carboxylic acids is 5. The molecule has 5 aromatic rings. The molecule has 16 heteroatoms. The summed E-state index contributed by atoms with van der Waals surface area (Å²) in [5.74, 6) is -3.42. The quantitative estimate of drug-likeness (QED) is 0.0377. The van der Waals surface area contributed by atoms with Crippen molar-refractivity contribution in [1.82, 2.24) is 25.4 Å². The molecule has 14 nitrogen and oxygen atoms in total. The number of hydrogen-bond acceptors (Lipinski definition) is 9. The van der Waals surface area contributed by atoms with Crippen LogP contribution in [-0.4, -0.2) is 82.7 Å². The lowest BCUT2D eigenvalue weighted by atomic mass is 9.90. The fourth-order valence-electron chi connectivity index (χ4n) is 8.15. The van der Waals surface area contributed by atoms with E-state index < -0.39 is 71.6 Å². The first-order chi connectivity index (χ1) is 32.2. The molecule has 4 aromatic carbocycles. The fourth-order valence-corrected chi connectivity index (χ4v) is 8.15. The highest BCUT2D eigenvalue weighted by Gasteiger charge is 2.56. The second-order valence-electron chi connectivity index (χ2n) is 17.1. The first-order valence-electron chi connectivity index (χ1n) is 22.3. The van der Waals surface area contributed by atoms with Crippen LogP contribution in [0.3, 0.4) is 0 Å². The Hall–Kier alpha value is -6.91. The van der Waals surface area contributed by atoms with Crippen molar-refractivity contribution >= 4 is 29.8 Å². The number of ether oxygens (including phenoxy) is 2. The second kappa shape index (κ2) is 23.5. The first-order valence-corrected chi connectivity index (χ1v) is 22.3. The lowest BCUT2D eigenvalue weighted by Crippen LogP contribution is -2.50. The third kappa shape index (κ3) is 13.8. The van der Waals surface area contributed by atoms with Crippen LogP contribution >= 0.6 is 0 Å². The zero-order valence-electron chi connectivity index (χ0n) is 37.7. The van der Waals surface area contributed by atoms with Gasteiger partial charge in [-0.05, 0) is 71.6 Å². The molecule has 4 amide bonds. The number of benzene rings is 4. The second-order valence-corrected chi connectivity index (χ2v) is 17.1. The van der Waals surface area contributed by atoms with E-state index in [9.17, 15) is 33.5 Å². The van der Waals surface area contributed by atoms with Gasteiger partial charge in [0.25, 0.3) is 0 Å². The maximum atomic E-state index is 15.2. The van der Waals surface area contributed by atoms with E-state index in [-0.39, 0.29) is 63.6 Å². The van der Waals surface area contributed by atoms with Crippen LogP contribution in [0.5, 0.6) is 0 Å². The molecule has 0 saturated heterocycles. The average molecular weight is 921 g/mol. The largest absolute Gasteiger partial charge is 0.461 e. The van der Waals surface area contributed by atoms with Crippen LogP contribution in [0.1, 0.15) is 68.0 Å². The number of nitrogens with zero attached hydrogens (tertiary/aromatic N) is 2. The molecule has 0 radical (unpaired) electrons. The van der Waals surface area contributed by atoms with Gasteiger partial charge in [-0.15, -0.1) is 0 Å². The van der Waals surface area contributed by atoms with Crippen molar-refractivity contribution in [1.29, 1.82) is 0 Å². The third-order valence-electron chi connectivity index (χ3n) is 12.2. The maximum Gasteiger partial charge on any atom is 0.408 e. The van der Waals surface area contributed by atoms with E-state index >= 15 is 4.39 Å². The van der Waals surface area contributed by atoms with Crippen LogP contribution in [-0.2, 0) is 48.4 Å². The number of alkyl carbamates (subject to hydrolysis) is 1. The summed E-state index contributed by atoms with van der Waals surface area (Å²) < 4.78 is 42.2. The summed E-state index contributed by atoms with van der Waals surface area (Å²) in [5.41, 5.74) is 9.49. The number of carbonyl (C=O) groups is 5. The van der Waals surface area contributed by atoms with Gasteiger partial charge in [0, 0.05) is 55.6 Å². The number of aliphatic hydroxyl groups is 1. The average Bonchev–Trinajstić information content (AvgIpc) is 3.75. The van der Waals surface area contributed by atoms with Gasteiger partial charge in [-0.2, -0.15) is 0 Å². The summed E-state index contributed by atoms with van der Waals surface area (Å²) in [6.45, 7) is 3.49. The molecular formula is C51H58F2N6O8. The van der Waals surface area contributed by atoms with Crippen LogP contribution in [0.4, 0.5) is 13.6 Å². The monoisotopic (exact) mass is 920 g/mol. The van der Waals surface area contributed by atoms with E-state index in [0.29, 0.717) is 17.8 Å². The van der Waals surface area contributed by atoms with E-state index in [0.717, 1.165) is 41.3 Å². The molecule has 67 heavy (non-hydrogen) atoms. The first kappa shape index (κ1) is 49.5. The minimum Gasteiger partial charge on any atom is -0.461 e. The summed E-state index contributed by atoms with van der Waals surface area (Å²) in [6, 6.07) is 29.7. The van der Waals surface area contributed by atoms with Gasteiger partial charge in [-0.3, -0.25) is 19.2 Å². The van der Waals surface area contributed by atoms with Crippen molar-refractivity contribution in [2.75, 3.05) is 26.2 Å². The summed E-state index contributed by atoms with van der Waals surface area (Å²) in [6.07, 6.45) is 1.31. The molecule has 5 atom stereocenters. The Bertz CT molecular complexity index is 2460. The summed E-state index contributed by atoms with van der Waals surface area (Å²) in [7, 11) is 0. The minimum atomic E-state index is -1.18. The smallest absolute Gasteiger partial charge is 0.408 e. The number of rotatable bonds is 23. The predicted octanol–water partition coefficient (Wildman–Crippen LogP) is 6.16. The summed E-state index contributed by atoms with van der Waals surface area (Å²) in [4.78, 5) is 67.3. The molecule has 0 bridgehead atoms. The molecule has 0 aliphatic heterocycles. The molecular weight excluding hydrogens is 863 g/mol. The van der Waals surface area contributed by atoms with E-state index in [1.165, 1.54) is 4.90 Å². The number of esters is 1. The SMILES string of the molecule is CC1CC1(C)[C@H](c1cc(-c2cc(F)ccc2F)cn1Cc1ccccc1)N(CC[C@H](N)C(=O)NCCNC(=O)[C@@H](CCC(=O)OCc1ccccc1)NC(=O)OCc1ccccc1)C(=O)CO. The Labute approximate surface area is 388 Å². The van der Waals surface area contributed by atoms with Crippen molar-refractivity contribution in [2.45, 2.75) is 77.4 Å². The Morgan fingerprint density at radius 1 is 0.821 bits per heavy atom. The van der Waals surface area contributed by atoms with Crippen molar-refractivity contribution in [2.24, 2.45) is 17.1 Å². The summed E-state index contributed by atoms with van der Waals surface area (Å²) in [5, 5.41) is 18.2. The molecule has 1 aliphatic carbocycles. The van der Waals surface area contributed by atoms with Gasteiger partial charge in [-0.25, -0.2) is 13.6 Å². The standard InChI is InChI=1S/C51H58F2N6O8/c1-34-28-51(34,2)47(44-26-38(40-27-39(52)18-19-41(40)53)30-58(44)29-35-12-6-3-7-13-35)59(45(61)31-60)25-22-42(54)48(63)55-23-24-56-49(64)43(57-50(65)67-33-37-16-10-5-11-17-37)20-21-46(62)66-32-36-14-8-4-9-15-36/h3-19,26-27,30,34,42-43,47,60H,20-25,28-29,31-33,54H2,1-2H3,(H,55,63)(H,56,64)(H,57,65)/t34?,42-,43+,47-,51?/m0/s1. The number of aromatic nitrogens is 1.